The fourth-order valence-corrected chi connectivity index (χ4v) is 2.15. The van der Waals surface area contributed by atoms with Gasteiger partial charge in [-0.3, -0.25) is 4.79 Å². The van der Waals surface area contributed by atoms with E-state index in [1.54, 1.807) is 12.3 Å². The Bertz CT molecular complexity index is 318. The van der Waals surface area contributed by atoms with Crippen molar-refractivity contribution in [3.63, 3.8) is 0 Å². The van der Waals surface area contributed by atoms with Gasteiger partial charge in [-0.1, -0.05) is 13.3 Å². The lowest BCUT2D eigenvalue weighted by Gasteiger charge is -2.32. The zero-order chi connectivity index (χ0) is 10.7. The van der Waals surface area contributed by atoms with Crippen molar-refractivity contribution in [1.29, 1.82) is 0 Å². The zero-order valence-corrected chi connectivity index (χ0v) is 9.11. The molecule has 1 fully saturated rings. The van der Waals surface area contributed by atoms with Gasteiger partial charge in [0.15, 0.2) is 0 Å². The number of furan rings is 1. The first-order valence-electron chi connectivity index (χ1n) is 5.62. The molecule has 3 nitrogen and oxygen atoms in total. The van der Waals surface area contributed by atoms with Gasteiger partial charge in [-0.15, -0.1) is 0 Å². The first-order valence-corrected chi connectivity index (χ1v) is 5.62. The SMILES string of the molecule is CCC1CCCN(C(=O)c2ccoc2)C1. The lowest BCUT2D eigenvalue weighted by atomic mass is 9.95. The van der Waals surface area contributed by atoms with Gasteiger partial charge in [-0.25, -0.2) is 0 Å². The van der Waals surface area contributed by atoms with Crippen LogP contribution >= 0.6 is 0 Å². The maximum absolute atomic E-state index is 12.0. The molecule has 1 aromatic heterocycles. The Hall–Kier alpha value is -1.25. The van der Waals surface area contributed by atoms with Gasteiger partial charge in [-0.05, 0) is 24.8 Å². The summed E-state index contributed by atoms with van der Waals surface area (Å²) in [5.74, 6) is 0.788. The van der Waals surface area contributed by atoms with Crippen molar-refractivity contribution >= 4 is 5.91 Å². The summed E-state index contributed by atoms with van der Waals surface area (Å²) in [5, 5.41) is 0. The number of amides is 1. The number of nitrogens with zero attached hydrogens (tertiary/aromatic N) is 1. The van der Waals surface area contributed by atoms with E-state index in [0.717, 1.165) is 25.9 Å². The highest BCUT2D eigenvalue weighted by Crippen LogP contribution is 2.20. The molecule has 1 aliphatic rings. The van der Waals surface area contributed by atoms with Crippen LogP contribution in [0.2, 0.25) is 0 Å². The van der Waals surface area contributed by atoms with Crippen molar-refractivity contribution in [3.05, 3.63) is 24.2 Å². The van der Waals surface area contributed by atoms with Gasteiger partial charge in [0, 0.05) is 13.1 Å². The smallest absolute Gasteiger partial charge is 0.257 e. The van der Waals surface area contributed by atoms with Gasteiger partial charge in [0.2, 0.25) is 0 Å². The number of hydrogen-bond donors (Lipinski definition) is 0. The molecule has 1 saturated heterocycles. The maximum Gasteiger partial charge on any atom is 0.257 e. The molecular weight excluding hydrogens is 190 g/mol. The van der Waals surface area contributed by atoms with E-state index < -0.39 is 0 Å². The molecule has 1 aromatic rings. The molecule has 1 atom stereocenters. The average Bonchev–Trinajstić information content (AvgIpc) is 2.81. The third-order valence-corrected chi connectivity index (χ3v) is 3.15. The Kier molecular flexibility index (Phi) is 3.09. The molecule has 0 aliphatic carbocycles. The summed E-state index contributed by atoms with van der Waals surface area (Å²) in [6, 6.07) is 1.73. The summed E-state index contributed by atoms with van der Waals surface area (Å²) in [6.07, 6.45) is 6.62. The van der Waals surface area contributed by atoms with Gasteiger partial charge in [0.1, 0.15) is 6.26 Å². The van der Waals surface area contributed by atoms with E-state index in [1.807, 2.05) is 4.90 Å². The summed E-state index contributed by atoms with van der Waals surface area (Å²) >= 11 is 0. The molecule has 2 rings (SSSR count). The van der Waals surface area contributed by atoms with E-state index in [4.69, 9.17) is 4.42 Å². The molecule has 0 saturated carbocycles. The first-order chi connectivity index (χ1) is 7.31. The summed E-state index contributed by atoms with van der Waals surface area (Å²) in [7, 11) is 0. The van der Waals surface area contributed by atoms with Gasteiger partial charge < -0.3 is 9.32 Å². The fourth-order valence-electron chi connectivity index (χ4n) is 2.15. The Balaban J connectivity index is 2.01. The molecule has 1 amide bonds. The summed E-state index contributed by atoms with van der Waals surface area (Å²) in [6.45, 7) is 3.98. The highest BCUT2D eigenvalue weighted by molar-refractivity contribution is 5.93. The van der Waals surface area contributed by atoms with Crippen LogP contribution in [0.5, 0.6) is 0 Å². The summed E-state index contributed by atoms with van der Waals surface area (Å²) in [5.41, 5.74) is 0.673. The number of piperidine rings is 1. The van der Waals surface area contributed by atoms with E-state index in [1.165, 1.54) is 12.7 Å². The van der Waals surface area contributed by atoms with Crippen LogP contribution in [0.3, 0.4) is 0 Å². The van der Waals surface area contributed by atoms with E-state index in [-0.39, 0.29) is 5.91 Å². The van der Waals surface area contributed by atoms with Crippen molar-refractivity contribution in [3.8, 4) is 0 Å². The van der Waals surface area contributed by atoms with Crippen LogP contribution < -0.4 is 0 Å². The van der Waals surface area contributed by atoms with E-state index in [9.17, 15) is 4.79 Å². The third kappa shape index (κ3) is 2.22. The second kappa shape index (κ2) is 4.51. The number of rotatable bonds is 2. The molecule has 1 unspecified atom stereocenters. The van der Waals surface area contributed by atoms with Crippen LogP contribution in [0.1, 0.15) is 36.5 Å². The number of carbonyl (C=O) groups is 1. The fraction of sp³-hybridized carbons (Fsp3) is 0.583. The maximum atomic E-state index is 12.0. The quantitative estimate of drug-likeness (QED) is 0.746. The van der Waals surface area contributed by atoms with Gasteiger partial charge >= 0.3 is 0 Å². The molecule has 0 spiro atoms. The van der Waals surface area contributed by atoms with Crippen LogP contribution in [-0.4, -0.2) is 23.9 Å². The van der Waals surface area contributed by atoms with Crippen LogP contribution in [0.4, 0.5) is 0 Å². The third-order valence-electron chi connectivity index (χ3n) is 3.15. The Morgan fingerprint density at radius 2 is 2.53 bits per heavy atom. The first kappa shape index (κ1) is 10.3. The van der Waals surface area contributed by atoms with Crippen LogP contribution in [0.25, 0.3) is 0 Å². The van der Waals surface area contributed by atoms with Gasteiger partial charge in [0.25, 0.3) is 5.91 Å². The Morgan fingerprint density at radius 1 is 1.67 bits per heavy atom. The van der Waals surface area contributed by atoms with Crippen molar-refractivity contribution in [2.45, 2.75) is 26.2 Å². The van der Waals surface area contributed by atoms with E-state index in [2.05, 4.69) is 6.92 Å². The molecule has 1 aliphatic heterocycles. The van der Waals surface area contributed by atoms with Gasteiger partial charge in [-0.2, -0.15) is 0 Å². The molecular formula is C12H17NO2. The molecule has 0 N–H and O–H groups in total. The molecule has 15 heavy (non-hydrogen) atoms. The monoisotopic (exact) mass is 207 g/mol. The second-order valence-corrected chi connectivity index (χ2v) is 4.18. The van der Waals surface area contributed by atoms with Gasteiger partial charge in [0.05, 0.1) is 11.8 Å². The number of hydrogen-bond acceptors (Lipinski definition) is 2. The highest BCUT2D eigenvalue weighted by Gasteiger charge is 2.23. The molecule has 3 heteroatoms. The average molecular weight is 207 g/mol. The second-order valence-electron chi connectivity index (χ2n) is 4.18. The Morgan fingerprint density at radius 3 is 3.20 bits per heavy atom. The lowest BCUT2D eigenvalue weighted by molar-refractivity contribution is 0.0670. The summed E-state index contributed by atoms with van der Waals surface area (Å²) in [4.78, 5) is 13.9. The zero-order valence-electron chi connectivity index (χ0n) is 9.11. The Labute approximate surface area is 90.1 Å². The predicted molar refractivity (Wildman–Crippen MR) is 57.6 cm³/mol. The standard InChI is InChI=1S/C12H17NO2/c1-2-10-4-3-6-13(8-10)12(14)11-5-7-15-9-11/h5,7,9-10H,2-4,6,8H2,1H3. The number of carbonyl (C=O) groups excluding carboxylic acids is 1. The minimum Gasteiger partial charge on any atom is -0.472 e. The van der Waals surface area contributed by atoms with Crippen molar-refractivity contribution in [1.82, 2.24) is 4.90 Å². The van der Waals surface area contributed by atoms with Crippen molar-refractivity contribution < 1.29 is 9.21 Å². The summed E-state index contributed by atoms with van der Waals surface area (Å²) < 4.78 is 4.93. The minimum absolute atomic E-state index is 0.113. The largest absolute Gasteiger partial charge is 0.472 e. The minimum atomic E-state index is 0.113. The van der Waals surface area contributed by atoms with Crippen LogP contribution in [-0.2, 0) is 0 Å². The lowest BCUT2D eigenvalue weighted by Crippen LogP contribution is -2.39. The molecule has 0 radical (unpaired) electrons. The number of likely N-dealkylation sites (tertiary alicyclic amines) is 1. The van der Waals surface area contributed by atoms with E-state index in [0.29, 0.717) is 11.5 Å². The molecule has 2 heterocycles. The van der Waals surface area contributed by atoms with E-state index >= 15 is 0 Å². The van der Waals surface area contributed by atoms with Crippen molar-refractivity contribution in [2.24, 2.45) is 5.92 Å². The topological polar surface area (TPSA) is 33.5 Å². The highest BCUT2D eigenvalue weighted by atomic mass is 16.3. The molecule has 0 aromatic carbocycles. The van der Waals surface area contributed by atoms with Crippen LogP contribution in [0.15, 0.2) is 23.0 Å². The molecule has 0 bridgehead atoms. The van der Waals surface area contributed by atoms with Crippen LogP contribution in [0, 0.1) is 5.92 Å². The van der Waals surface area contributed by atoms with Crippen molar-refractivity contribution in [2.75, 3.05) is 13.1 Å². The normalized spacial score (nSPS) is 21.7. The molecule has 82 valence electrons. The predicted octanol–water partition coefficient (Wildman–Crippen LogP) is 2.54.